The van der Waals surface area contributed by atoms with Crippen LogP contribution in [0.5, 0.6) is 11.5 Å². The standard InChI is InChI=1S/C30H24ClNO6/c1-36-25-14-11-21(16-24(25)31)28(33)26-27(32(30(35)29(26)34)17-23-8-5-15-37-23)20-9-12-22(13-10-20)38-18-19-6-3-2-4-7-19/h2-16,27,33H,17-18H2,1H3/b28-26-. The van der Waals surface area contributed by atoms with E-state index in [9.17, 15) is 14.7 Å². The molecule has 8 heteroatoms. The van der Waals surface area contributed by atoms with Crippen molar-refractivity contribution in [3.05, 3.63) is 124 Å². The summed E-state index contributed by atoms with van der Waals surface area (Å²) in [6, 6.07) is 24.1. The second kappa shape index (κ2) is 10.9. The van der Waals surface area contributed by atoms with Crippen LogP contribution in [0.3, 0.4) is 0 Å². The van der Waals surface area contributed by atoms with E-state index in [4.69, 9.17) is 25.5 Å². The summed E-state index contributed by atoms with van der Waals surface area (Å²) < 4.78 is 16.5. The Kier molecular flexibility index (Phi) is 7.20. The number of methoxy groups -OCH3 is 1. The lowest BCUT2D eigenvalue weighted by Gasteiger charge is -2.24. The minimum absolute atomic E-state index is 0.0410. The fraction of sp³-hybridized carbons (Fsp3) is 0.133. The normalized spacial score (nSPS) is 16.6. The summed E-state index contributed by atoms with van der Waals surface area (Å²) in [6.45, 7) is 0.448. The molecule has 7 nitrogen and oxygen atoms in total. The van der Waals surface area contributed by atoms with Gasteiger partial charge in [-0.2, -0.15) is 0 Å². The van der Waals surface area contributed by atoms with Crippen molar-refractivity contribution in [3.8, 4) is 11.5 Å². The van der Waals surface area contributed by atoms with Gasteiger partial charge in [0, 0.05) is 5.56 Å². The van der Waals surface area contributed by atoms with Crippen molar-refractivity contribution in [2.45, 2.75) is 19.2 Å². The van der Waals surface area contributed by atoms with Gasteiger partial charge in [0.15, 0.2) is 0 Å². The number of benzene rings is 3. The number of rotatable bonds is 8. The molecule has 2 heterocycles. The Hall–Kier alpha value is -4.49. The van der Waals surface area contributed by atoms with E-state index in [0.717, 1.165) is 5.56 Å². The van der Waals surface area contributed by atoms with Gasteiger partial charge in [-0.15, -0.1) is 0 Å². The van der Waals surface area contributed by atoms with Crippen LogP contribution in [-0.4, -0.2) is 28.8 Å². The highest BCUT2D eigenvalue weighted by Gasteiger charge is 2.46. The van der Waals surface area contributed by atoms with Crippen LogP contribution in [-0.2, 0) is 22.7 Å². The third-order valence-electron chi connectivity index (χ3n) is 6.32. The molecule has 0 spiro atoms. The van der Waals surface area contributed by atoms with E-state index >= 15 is 0 Å². The summed E-state index contributed by atoms with van der Waals surface area (Å²) in [5, 5.41) is 11.5. The zero-order valence-electron chi connectivity index (χ0n) is 20.5. The van der Waals surface area contributed by atoms with E-state index in [1.807, 2.05) is 30.3 Å². The third kappa shape index (κ3) is 5.01. The topological polar surface area (TPSA) is 89.2 Å². The van der Waals surface area contributed by atoms with Crippen LogP contribution < -0.4 is 9.47 Å². The molecule has 0 saturated carbocycles. The number of halogens is 1. The number of hydrogen-bond donors (Lipinski definition) is 1. The predicted molar refractivity (Wildman–Crippen MR) is 142 cm³/mol. The number of aliphatic hydroxyl groups is 1. The van der Waals surface area contributed by atoms with Gasteiger partial charge in [0.05, 0.1) is 36.6 Å². The summed E-state index contributed by atoms with van der Waals surface area (Å²) in [7, 11) is 1.48. The lowest BCUT2D eigenvalue weighted by atomic mass is 9.95. The van der Waals surface area contributed by atoms with E-state index in [-0.39, 0.29) is 22.9 Å². The number of ether oxygens (including phenoxy) is 2. The van der Waals surface area contributed by atoms with Gasteiger partial charge in [-0.25, -0.2) is 0 Å². The summed E-state index contributed by atoms with van der Waals surface area (Å²) >= 11 is 6.27. The lowest BCUT2D eigenvalue weighted by molar-refractivity contribution is -0.140. The van der Waals surface area contributed by atoms with Crippen molar-refractivity contribution >= 4 is 29.1 Å². The van der Waals surface area contributed by atoms with Gasteiger partial charge < -0.3 is 23.9 Å². The first-order valence-corrected chi connectivity index (χ1v) is 12.3. The second-order valence-electron chi connectivity index (χ2n) is 8.70. The molecule has 0 bridgehead atoms. The molecule has 1 fully saturated rings. The molecule has 3 aromatic carbocycles. The fourth-order valence-corrected chi connectivity index (χ4v) is 4.67. The van der Waals surface area contributed by atoms with Gasteiger partial charge in [-0.3, -0.25) is 9.59 Å². The number of carbonyl (C=O) groups is 2. The molecule has 0 radical (unpaired) electrons. The van der Waals surface area contributed by atoms with E-state index in [2.05, 4.69) is 0 Å². The first-order chi connectivity index (χ1) is 18.5. The molecule has 1 amide bonds. The Bertz CT molecular complexity index is 1480. The van der Waals surface area contributed by atoms with Crippen LogP contribution in [0.15, 0.2) is 101 Å². The van der Waals surface area contributed by atoms with Crippen molar-refractivity contribution < 1.29 is 28.6 Å². The fourth-order valence-electron chi connectivity index (χ4n) is 4.42. The number of hydrogen-bond acceptors (Lipinski definition) is 6. The van der Waals surface area contributed by atoms with Crippen LogP contribution in [0.1, 0.15) is 28.5 Å². The maximum absolute atomic E-state index is 13.3. The molecule has 192 valence electrons. The Morgan fingerprint density at radius 1 is 1.00 bits per heavy atom. The third-order valence-corrected chi connectivity index (χ3v) is 6.61. The molecular formula is C30H24ClNO6. The van der Waals surface area contributed by atoms with Gasteiger partial charge in [0.1, 0.15) is 29.6 Å². The highest BCUT2D eigenvalue weighted by Crippen LogP contribution is 2.41. The number of Topliss-reactive ketones (excluding diaryl/α,β-unsaturated/α-hetero) is 1. The SMILES string of the molecule is COc1ccc(/C(O)=C2/C(=O)C(=O)N(Cc3ccco3)C2c2ccc(OCc3ccccc3)cc2)cc1Cl. The van der Waals surface area contributed by atoms with Crippen LogP contribution in [0.25, 0.3) is 5.76 Å². The van der Waals surface area contributed by atoms with Gasteiger partial charge >= 0.3 is 0 Å². The molecule has 38 heavy (non-hydrogen) atoms. The van der Waals surface area contributed by atoms with Crippen molar-refractivity contribution in [1.29, 1.82) is 0 Å². The summed E-state index contributed by atoms with van der Waals surface area (Å²) in [5.74, 6) is -0.310. The molecule has 1 unspecified atom stereocenters. The average molecular weight is 530 g/mol. The second-order valence-corrected chi connectivity index (χ2v) is 9.11. The van der Waals surface area contributed by atoms with Gasteiger partial charge in [0.2, 0.25) is 0 Å². The average Bonchev–Trinajstić information content (AvgIpc) is 3.55. The smallest absolute Gasteiger partial charge is 0.296 e. The minimum atomic E-state index is -0.857. The first kappa shape index (κ1) is 25.2. The molecule has 0 aliphatic carbocycles. The summed E-state index contributed by atoms with van der Waals surface area (Å²) in [5.41, 5.74) is 1.91. The van der Waals surface area contributed by atoms with Gasteiger partial charge in [-0.1, -0.05) is 54.1 Å². The number of likely N-dealkylation sites (tertiary alicyclic amines) is 1. The molecule has 5 rings (SSSR count). The van der Waals surface area contributed by atoms with E-state index < -0.39 is 17.7 Å². The summed E-state index contributed by atoms with van der Waals surface area (Å²) in [4.78, 5) is 27.8. The van der Waals surface area contributed by atoms with Gasteiger partial charge in [0.25, 0.3) is 11.7 Å². The molecule has 1 N–H and O–H groups in total. The summed E-state index contributed by atoms with van der Waals surface area (Å²) in [6.07, 6.45) is 1.50. The predicted octanol–water partition coefficient (Wildman–Crippen LogP) is 6.14. The van der Waals surface area contributed by atoms with Crippen LogP contribution in [0.2, 0.25) is 5.02 Å². The highest BCUT2D eigenvalue weighted by molar-refractivity contribution is 6.46. The van der Waals surface area contributed by atoms with Crippen molar-refractivity contribution in [1.82, 2.24) is 4.90 Å². The Morgan fingerprint density at radius 2 is 1.76 bits per heavy atom. The maximum Gasteiger partial charge on any atom is 0.296 e. The van der Waals surface area contributed by atoms with Gasteiger partial charge in [-0.05, 0) is 53.6 Å². The number of furan rings is 1. The van der Waals surface area contributed by atoms with E-state index in [1.165, 1.54) is 24.3 Å². The Labute approximate surface area is 224 Å². The molecule has 1 saturated heterocycles. The molecule has 1 aliphatic heterocycles. The van der Waals surface area contributed by atoms with Crippen molar-refractivity contribution in [2.24, 2.45) is 0 Å². The monoisotopic (exact) mass is 529 g/mol. The first-order valence-electron chi connectivity index (χ1n) is 11.9. The zero-order chi connectivity index (χ0) is 26.6. The molecule has 1 aromatic heterocycles. The number of ketones is 1. The van der Waals surface area contributed by atoms with Crippen LogP contribution >= 0.6 is 11.6 Å². The van der Waals surface area contributed by atoms with Crippen molar-refractivity contribution in [3.63, 3.8) is 0 Å². The molecular weight excluding hydrogens is 506 g/mol. The van der Waals surface area contributed by atoms with E-state index in [0.29, 0.717) is 35.0 Å². The zero-order valence-corrected chi connectivity index (χ0v) is 21.2. The minimum Gasteiger partial charge on any atom is -0.507 e. The number of nitrogens with zero attached hydrogens (tertiary/aromatic N) is 1. The van der Waals surface area contributed by atoms with Crippen LogP contribution in [0, 0.1) is 0 Å². The molecule has 1 aliphatic rings. The number of amides is 1. The van der Waals surface area contributed by atoms with Crippen molar-refractivity contribution in [2.75, 3.05) is 7.11 Å². The number of carbonyl (C=O) groups excluding carboxylic acids is 2. The van der Waals surface area contributed by atoms with Crippen LogP contribution in [0.4, 0.5) is 0 Å². The highest BCUT2D eigenvalue weighted by atomic mass is 35.5. The maximum atomic E-state index is 13.3. The Morgan fingerprint density at radius 3 is 2.42 bits per heavy atom. The molecule has 1 atom stereocenters. The quantitative estimate of drug-likeness (QED) is 0.167. The number of aliphatic hydroxyl groups excluding tert-OH is 1. The largest absolute Gasteiger partial charge is 0.507 e. The molecule has 4 aromatic rings. The Balaban J connectivity index is 1.52. The lowest BCUT2D eigenvalue weighted by Crippen LogP contribution is -2.29. The van der Waals surface area contributed by atoms with E-state index in [1.54, 1.807) is 48.5 Å².